The van der Waals surface area contributed by atoms with E-state index in [0.717, 1.165) is 4.90 Å². The third kappa shape index (κ3) is 3.89. The van der Waals surface area contributed by atoms with E-state index in [-0.39, 0.29) is 11.3 Å². The van der Waals surface area contributed by atoms with Gasteiger partial charge in [0.1, 0.15) is 0 Å². The molecule has 0 unspecified atom stereocenters. The van der Waals surface area contributed by atoms with Crippen LogP contribution in [0.15, 0.2) is 58.3 Å². The molecule has 1 N–H and O–H groups in total. The van der Waals surface area contributed by atoms with Gasteiger partial charge in [0.05, 0.1) is 5.56 Å². The maximum atomic E-state index is 11.9. The maximum Gasteiger partial charge on any atom is 0.336 e. The SMILES string of the molecule is CCC(=O)c1ccccc1SSc1ccccc1C(=O)O. The van der Waals surface area contributed by atoms with Crippen LogP contribution in [-0.4, -0.2) is 16.9 Å². The molecule has 2 rings (SSSR count). The van der Waals surface area contributed by atoms with Crippen molar-refractivity contribution in [3.8, 4) is 0 Å². The molecule has 0 radical (unpaired) electrons. The van der Waals surface area contributed by atoms with E-state index in [1.165, 1.54) is 21.6 Å². The first kappa shape index (κ1) is 15.7. The molecule has 0 fully saturated rings. The summed E-state index contributed by atoms with van der Waals surface area (Å²) >= 11 is 0. The largest absolute Gasteiger partial charge is 0.478 e. The molecule has 0 heterocycles. The zero-order chi connectivity index (χ0) is 15.2. The molecule has 0 bridgehead atoms. The van der Waals surface area contributed by atoms with Crippen LogP contribution in [0.3, 0.4) is 0 Å². The van der Waals surface area contributed by atoms with Gasteiger partial charge in [-0.15, -0.1) is 0 Å². The molecule has 21 heavy (non-hydrogen) atoms. The molecule has 0 aromatic heterocycles. The molecule has 0 aliphatic rings. The van der Waals surface area contributed by atoms with E-state index in [9.17, 15) is 9.59 Å². The quantitative estimate of drug-likeness (QED) is 0.614. The highest BCUT2D eigenvalue weighted by Gasteiger charge is 2.13. The topological polar surface area (TPSA) is 54.4 Å². The number of aromatic carboxylic acids is 1. The van der Waals surface area contributed by atoms with Gasteiger partial charge in [-0.25, -0.2) is 4.79 Å². The number of carboxylic acid groups (broad SMARTS) is 1. The number of Topliss-reactive ketones (excluding diaryl/α,β-unsaturated/α-hetero) is 1. The van der Waals surface area contributed by atoms with Crippen LogP contribution in [-0.2, 0) is 0 Å². The summed E-state index contributed by atoms with van der Waals surface area (Å²) in [5, 5.41) is 9.17. The minimum absolute atomic E-state index is 0.0882. The fraction of sp³-hybridized carbons (Fsp3) is 0.125. The molecular weight excluding hydrogens is 304 g/mol. The molecule has 0 spiro atoms. The normalized spacial score (nSPS) is 10.3. The van der Waals surface area contributed by atoms with Gasteiger partial charge in [-0.2, -0.15) is 0 Å². The molecule has 2 aromatic rings. The molecule has 0 saturated heterocycles. The van der Waals surface area contributed by atoms with Gasteiger partial charge >= 0.3 is 5.97 Å². The number of hydrogen-bond acceptors (Lipinski definition) is 4. The molecular formula is C16H14O3S2. The Bertz CT molecular complexity index is 668. The average Bonchev–Trinajstić information content (AvgIpc) is 2.52. The Labute approximate surface area is 131 Å². The first-order valence-electron chi connectivity index (χ1n) is 6.42. The summed E-state index contributed by atoms with van der Waals surface area (Å²) in [7, 11) is 2.76. The fourth-order valence-corrected chi connectivity index (χ4v) is 4.14. The van der Waals surface area contributed by atoms with Crippen molar-refractivity contribution in [2.24, 2.45) is 0 Å². The Hall–Kier alpha value is -1.72. The summed E-state index contributed by atoms with van der Waals surface area (Å²) in [6.45, 7) is 1.83. The van der Waals surface area contributed by atoms with Crippen molar-refractivity contribution in [3.63, 3.8) is 0 Å². The van der Waals surface area contributed by atoms with Crippen molar-refractivity contribution in [1.29, 1.82) is 0 Å². The summed E-state index contributed by atoms with van der Waals surface area (Å²) in [5.74, 6) is -0.859. The summed E-state index contributed by atoms with van der Waals surface area (Å²) in [6.07, 6.45) is 0.452. The minimum Gasteiger partial charge on any atom is -0.478 e. The van der Waals surface area contributed by atoms with Crippen molar-refractivity contribution >= 4 is 33.3 Å². The lowest BCUT2D eigenvalue weighted by atomic mass is 10.1. The van der Waals surface area contributed by atoms with Gasteiger partial charge in [0.15, 0.2) is 5.78 Å². The molecule has 108 valence electrons. The van der Waals surface area contributed by atoms with Gasteiger partial charge in [-0.1, -0.05) is 58.8 Å². The highest BCUT2D eigenvalue weighted by Crippen LogP contribution is 2.40. The Kier molecular flexibility index (Phi) is 5.47. The van der Waals surface area contributed by atoms with E-state index in [4.69, 9.17) is 5.11 Å². The van der Waals surface area contributed by atoms with Crippen LogP contribution in [0.1, 0.15) is 34.1 Å². The first-order chi connectivity index (χ1) is 10.1. The number of benzene rings is 2. The lowest BCUT2D eigenvalue weighted by Gasteiger charge is -2.08. The predicted molar refractivity (Wildman–Crippen MR) is 86.2 cm³/mol. The van der Waals surface area contributed by atoms with Crippen molar-refractivity contribution in [3.05, 3.63) is 59.7 Å². The van der Waals surface area contributed by atoms with E-state index in [1.807, 2.05) is 25.1 Å². The molecule has 5 heteroatoms. The second kappa shape index (κ2) is 7.33. The maximum absolute atomic E-state index is 11.9. The second-order valence-corrected chi connectivity index (χ2v) is 6.45. The fourth-order valence-electron chi connectivity index (χ4n) is 1.77. The highest BCUT2D eigenvalue weighted by molar-refractivity contribution is 8.76. The Balaban J connectivity index is 2.21. The number of hydrogen-bond donors (Lipinski definition) is 1. The Morgan fingerprint density at radius 2 is 1.38 bits per heavy atom. The van der Waals surface area contributed by atoms with Crippen LogP contribution < -0.4 is 0 Å². The number of carboxylic acids is 1. The minimum atomic E-state index is -0.948. The van der Waals surface area contributed by atoms with Crippen LogP contribution in [0.4, 0.5) is 0 Å². The molecule has 0 saturated carbocycles. The first-order valence-corrected chi connectivity index (χ1v) is 8.57. The van der Waals surface area contributed by atoms with Gasteiger partial charge < -0.3 is 5.11 Å². The summed E-state index contributed by atoms with van der Waals surface area (Å²) < 4.78 is 0. The zero-order valence-electron chi connectivity index (χ0n) is 11.4. The molecule has 0 amide bonds. The van der Waals surface area contributed by atoms with Crippen LogP contribution in [0.2, 0.25) is 0 Å². The monoisotopic (exact) mass is 318 g/mol. The summed E-state index contributed by atoms with van der Waals surface area (Å²) in [5.41, 5.74) is 0.958. The summed E-state index contributed by atoms with van der Waals surface area (Å²) in [6, 6.07) is 14.2. The van der Waals surface area contributed by atoms with Crippen LogP contribution in [0, 0.1) is 0 Å². The van der Waals surface area contributed by atoms with Gasteiger partial charge in [-0.3, -0.25) is 4.79 Å². The Morgan fingerprint density at radius 3 is 1.90 bits per heavy atom. The molecule has 0 atom stereocenters. The molecule has 3 nitrogen and oxygen atoms in total. The summed E-state index contributed by atoms with van der Waals surface area (Å²) in [4.78, 5) is 24.6. The third-order valence-corrected chi connectivity index (χ3v) is 5.33. The van der Waals surface area contributed by atoms with Crippen molar-refractivity contribution < 1.29 is 14.7 Å². The van der Waals surface area contributed by atoms with E-state index in [0.29, 0.717) is 16.9 Å². The van der Waals surface area contributed by atoms with Crippen LogP contribution in [0.25, 0.3) is 0 Å². The zero-order valence-corrected chi connectivity index (χ0v) is 13.0. The van der Waals surface area contributed by atoms with Crippen molar-refractivity contribution in [2.45, 2.75) is 23.1 Å². The van der Waals surface area contributed by atoms with Crippen LogP contribution in [0.5, 0.6) is 0 Å². The number of carbonyl (C=O) groups is 2. The number of ketones is 1. The van der Waals surface area contributed by atoms with E-state index >= 15 is 0 Å². The number of carbonyl (C=O) groups excluding carboxylic acids is 1. The predicted octanol–water partition coefficient (Wildman–Crippen LogP) is 4.78. The Morgan fingerprint density at radius 1 is 0.905 bits per heavy atom. The standard InChI is InChI=1S/C16H14O3S2/c1-2-13(17)11-7-3-5-9-14(11)20-21-15-10-6-4-8-12(15)16(18)19/h3-10H,2H2,1H3,(H,18,19). The van der Waals surface area contributed by atoms with E-state index in [1.54, 1.807) is 30.3 Å². The average molecular weight is 318 g/mol. The van der Waals surface area contributed by atoms with E-state index < -0.39 is 5.97 Å². The van der Waals surface area contributed by atoms with Crippen LogP contribution >= 0.6 is 21.6 Å². The number of rotatable bonds is 6. The van der Waals surface area contributed by atoms with Gasteiger partial charge in [0.2, 0.25) is 0 Å². The highest BCUT2D eigenvalue weighted by atomic mass is 33.1. The molecule has 0 aliphatic carbocycles. The van der Waals surface area contributed by atoms with Crippen molar-refractivity contribution in [2.75, 3.05) is 0 Å². The smallest absolute Gasteiger partial charge is 0.336 e. The van der Waals surface area contributed by atoms with E-state index in [2.05, 4.69) is 0 Å². The second-order valence-electron chi connectivity index (χ2n) is 4.24. The molecule has 2 aromatic carbocycles. The van der Waals surface area contributed by atoms with Crippen molar-refractivity contribution in [1.82, 2.24) is 0 Å². The van der Waals surface area contributed by atoms with Gasteiger partial charge in [-0.05, 0) is 18.2 Å². The lowest BCUT2D eigenvalue weighted by molar-refractivity contribution is 0.0693. The van der Waals surface area contributed by atoms with Gasteiger partial charge in [0.25, 0.3) is 0 Å². The third-order valence-electron chi connectivity index (χ3n) is 2.85. The lowest BCUT2D eigenvalue weighted by Crippen LogP contribution is -1.99. The van der Waals surface area contributed by atoms with Gasteiger partial charge in [0, 0.05) is 21.8 Å². The molecule has 0 aliphatic heterocycles.